The predicted octanol–water partition coefficient (Wildman–Crippen LogP) is 2.36. The third kappa shape index (κ3) is 4.21. The molecule has 9 heteroatoms. The summed E-state index contributed by atoms with van der Waals surface area (Å²) in [6.45, 7) is 5.04. The molecule has 2 aromatic rings. The Morgan fingerprint density at radius 2 is 1.85 bits per heavy atom. The van der Waals surface area contributed by atoms with Crippen molar-refractivity contribution in [1.29, 1.82) is 0 Å². The van der Waals surface area contributed by atoms with Crippen LogP contribution in [0.5, 0.6) is 0 Å². The van der Waals surface area contributed by atoms with Gasteiger partial charge in [0.2, 0.25) is 10.0 Å². The second kappa shape index (κ2) is 8.05. The zero-order valence-electron chi connectivity index (χ0n) is 15.2. The Morgan fingerprint density at radius 3 is 2.52 bits per heavy atom. The summed E-state index contributed by atoms with van der Waals surface area (Å²) >= 11 is 1.34. The number of morpholine rings is 1. The minimum absolute atomic E-state index is 0.119. The number of rotatable bonds is 6. The third-order valence-corrected chi connectivity index (χ3v) is 7.77. The van der Waals surface area contributed by atoms with E-state index in [4.69, 9.17) is 9.84 Å². The number of sulfonamides is 1. The van der Waals surface area contributed by atoms with Crippen LogP contribution in [-0.4, -0.2) is 54.7 Å². The SMILES string of the molecule is Cc1cc(Sc2ccccc2S(=O)(=O)N2CCOCC2)c(C)n1CC(=O)O. The standard InChI is InChI=1S/C18H22N2O5S2/c1-13-11-16(14(2)20(13)12-18(21)22)26-15-5-3-4-6-17(15)27(23,24)19-7-9-25-10-8-19/h3-6,11H,7-10,12H2,1-2H3,(H,21,22). The molecule has 1 N–H and O–H groups in total. The molecule has 0 amide bonds. The van der Waals surface area contributed by atoms with E-state index in [0.717, 1.165) is 16.3 Å². The lowest BCUT2D eigenvalue weighted by atomic mass is 10.4. The molecule has 1 aromatic heterocycles. The van der Waals surface area contributed by atoms with Crippen LogP contribution in [0.3, 0.4) is 0 Å². The Labute approximate surface area is 163 Å². The van der Waals surface area contributed by atoms with Gasteiger partial charge in [0, 0.05) is 34.3 Å². The van der Waals surface area contributed by atoms with E-state index in [9.17, 15) is 13.2 Å². The van der Waals surface area contributed by atoms with Crippen LogP contribution in [0.1, 0.15) is 11.4 Å². The van der Waals surface area contributed by atoms with Crippen LogP contribution >= 0.6 is 11.8 Å². The van der Waals surface area contributed by atoms with Gasteiger partial charge in [0.05, 0.1) is 18.1 Å². The fourth-order valence-corrected chi connectivity index (χ4v) is 6.00. The number of hydrogen-bond acceptors (Lipinski definition) is 5. The minimum atomic E-state index is -3.62. The molecule has 1 saturated heterocycles. The van der Waals surface area contributed by atoms with Crippen LogP contribution in [0.15, 0.2) is 45.0 Å². The molecule has 27 heavy (non-hydrogen) atoms. The average molecular weight is 411 g/mol. The number of aryl methyl sites for hydroxylation is 1. The van der Waals surface area contributed by atoms with Gasteiger partial charge in [0.15, 0.2) is 0 Å². The summed E-state index contributed by atoms with van der Waals surface area (Å²) in [6.07, 6.45) is 0. The highest BCUT2D eigenvalue weighted by Gasteiger charge is 2.29. The van der Waals surface area contributed by atoms with Gasteiger partial charge in [-0.3, -0.25) is 4.79 Å². The lowest BCUT2D eigenvalue weighted by Gasteiger charge is -2.26. The molecule has 0 saturated carbocycles. The number of aliphatic carboxylic acids is 1. The first-order valence-electron chi connectivity index (χ1n) is 8.54. The van der Waals surface area contributed by atoms with Crippen LogP contribution in [0.25, 0.3) is 0 Å². The van der Waals surface area contributed by atoms with E-state index in [1.807, 2.05) is 19.9 Å². The predicted molar refractivity (Wildman–Crippen MR) is 102 cm³/mol. The van der Waals surface area contributed by atoms with Crippen molar-refractivity contribution in [1.82, 2.24) is 8.87 Å². The molecule has 1 aromatic carbocycles. The molecule has 7 nitrogen and oxygen atoms in total. The second-order valence-corrected chi connectivity index (χ2v) is 9.27. The molecule has 0 spiro atoms. The Bertz CT molecular complexity index is 947. The Kier molecular flexibility index (Phi) is 5.95. The molecular weight excluding hydrogens is 388 g/mol. The summed E-state index contributed by atoms with van der Waals surface area (Å²) in [6, 6.07) is 8.80. The summed E-state index contributed by atoms with van der Waals surface area (Å²) in [5, 5.41) is 9.09. The first kappa shape index (κ1) is 19.9. The van der Waals surface area contributed by atoms with Gasteiger partial charge in [-0.1, -0.05) is 23.9 Å². The molecule has 146 valence electrons. The van der Waals surface area contributed by atoms with E-state index < -0.39 is 16.0 Å². The maximum absolute atomic E-state index is 13.1. The number of nitrogens with zero attached hydrogens (tertiary/aromatic N) is 2. The van der Waals surface area contributed by atoms with E-state index in [1.54, 1.807) is 28.8 Å². The van der Waals surface area contributed by atoms with Gasteiger partial charge in [-0.2, -0.15) is 4.31 Å². The maximum Gasteiger partial charge on any atom is 0.323 e. The molecule has 0 radical (unpaired) electrons. The molecule has 3 rings (SSSR count). The first-order chi connectivity index (χ1) is 12.8. The van der Waals surface area contributed by atoms with Crippen molar-refractivity contribution < 1.29 is 23.1 Å². The summed E-state index contributed by atoms with van der Waals surface area (Å²) in [5.41, 5.74) is 1.63. The Balaban J connectivity index is 1.95. The molecule has 0 atom stereocenters. The van der Waals surface area contributed by atoms with Crippen LogP contribution in [0.4, 0.5) is 0 Å². The van der Waals surface area contributed by atoms with Gasteiger partial charge in [0.1, 0.15) is 6.54 Å². The Hall–Kier alpha value is -1.81. The van der Waals surface area contributed by atoms with E-state index in [-0.39, 0.29) is 11.4 Å². The highest BCUT2D eigenvalue weighted by molar-refractivity contribution is 8.00. The number of carbonyl (C=O) groups is 1. The fraction of sp³-hybridized carbons (Fsp3) is 0.389. The summed E-state index contributed by atoms with van der Waals surface area (Å²) < 4.78 is 34.6. The monoisotopic (exact) mass is 410 g/mol. The van der Waals surface area contributed by atoms with Gasteiger partial charge in [0.25, 0.3) is 0 Å². The summed E-state index contributed by atoms with van der Waals surface area (Å²) in [5.74, 6) is -0.913. The minimum Gasteiger partial charge on any atom is -0.480 e. The average Bonchev–Trinajstić information content (AvgIpc) is 2.90. The number of carboxylic acids is 1. The Morgan fingerprint density at radius 1 is 1.19 bits per heavy atom. The first-order valence-corrected chi connectivity index (χ1v) is 10.8. The lowest BCUT2D eigenvalue weighted by molar-refractivity contribution is -0.137. The van der Waals surface area contributed by atoms with Crippen LogP contribution in [0.2, 0.25) is 0 Å². The maximum atomic E-state index is 13.1. The van der Waals surface area contributed by atoms with E-state index >= 15 is 0 Å². The van der Waals surface area contributed by atoms with Gasteiger partial charge < -0.3 is 14.4 Å². The third-order valence-electron chi connectivity index (χ3n) is 4.48. The largest absolute Gasteiger partial charge is 0.480 e. The van der Waals surface area contributed by atoms with Crippen molar-refractivity contribution >= 4 is 27.8 Å². The number of carboxylic acid groups (broad SMARTS) is 1. The van der Waals surface area contributed by atoms with Crippen molar-refractivity contribution in [3.05, 3.63) is 41.7 Å². The zero-order chi connectivity index (χ0) is 19.6. The van der Waals surface area contributed by atoms with E-state index in [0.29, 0.717) is 31.2 Å². The van der Waals surface area contributed by atoms with Gasteiger partial charge in [-0.05, 0) is 32.0 Å². The molecule has 1 aliphatic rings. The highest BCUT2D eigenvalue weighted by atomic mass is 32.2. The second-order valence-electron chi connectivity index (χ2n) is 6.28. The van der Waals surface area contributed by atoms with Crippen LogP contribution < -0.4 is 0 Å². The number of benzene rings is 1. The topological polar surface area (TPSA) is 88.8 Å². The van der Waals surface area contributed by atoms with E-state index in [2.05, 4.69) is 0 Å². The molecule has 1 fully saturated rings. The molecule has 0 bridgehead atoms. The number of hydrogen-bond donors (Lipinski definition) is 1. The van der Waals surface area contributed by atoms with Crippen LogP contribution in [0, 0.1) is 13.8 Å². The lowest BCUT2D eigenvalue weighted by Crippen LogP contribution is -2.40. The van der Waals surface area contributed by atoms with Crippen molar-refractivity contribution in [3.8, 4) is 0 Å². The van der Waals surface area contributed by atoms with Crippen molar-refractivity contribution in [2.45, 2.75) is 35.1 Å². The van der Waals surface area contributed by atoms with Crippen molar-refractivity contribution in [2.75, 3.05) is 26.3 Å². The van der Waals surface area contributed by atoms with Gasteiger partial charge in [-0.25, -0.2) is 8.42 Å². The quantitative estimate of drug-likeness (QED) is 0.786. The normalized spacial score (nSPS) is 15.8. The molecule has 1 aliphatic heterocycles. The number of ether oxygens (including phenoxy) is 1. The summed E-state index contributed by atoms with van der Waals surface area (Å²) in [7, 11) is -3.62. The molecule has 2 heterocycles. The zero-order valence-corrected chi connectivity index (χ0v) is 16.8. The van der Waals surface area contributed by atoms with Gasteiger partial charge >= 0.3 is 5.97 Å². The van der Waals surface area contributed by atoms with Crippen molar-refractivity contribution in [2.24, 2.45) is 0 Å². The van der Waals surface area contributed by atoms with Crippen molar-refractivity contribution in [3.63, 3.8) is 0 Å². The molecule has 0 aliphatic carbocycles. The highest BCUT2D eigenvalue weighted by Crippen LogP contribution is 2.37. The fourth-order valence-electron chi connectivity index (χ4n) is 3.04. The van der Waals surface area contributed by atoms with Gasteiger partial charge in [-0.15, -0.1) is 0 Å². The van der Waals surface area contributed by atoms with E-state index in [1.165, 1.54) is 16.1 Å². The summed E-state index contributed by atoms with van der Waals surface area (Å²) in [4.78, 5) is 12.8. The number of aromatic nitrogens is 1. The van der Waals surface area contributed by atoms with Crippen LogP contribution in [-0.2, 0) is 26.1 Å². The molecule has 0 unspecified atom stereocenters. The smallest absolute Gasteiger partial charge is 0.323 e. The molecular formula is C18H22N2O5S2.